The van der Waals surface area contributed by atoms with Gasteiger partial charge in [0.1, 0.15) is 11.5 Å². The van der Waals surface area contributed by atoms with Gasteiger partial charge in [-0.3, -0.25) is 0 Å². The first kappa shape index (κ1) is 24.9. The van der Waals surface area contributed by atoms with Gasteiger partial charge in [-0.1, -0.05) is 80.1 Å². The second-order valence-corrected chi connectivity index (χ2v) is 9.61. The maximum absolute atomic E-state index is 5.91. The normalized spacial score (nSPS) is 13.7. The van der Waals surface area contributed by atoms with E-state index >= 15 is 0 Å². The van der Waals surface area contributed by atoms with E-state index in [1.165, 1.54) is 38.5 Å². The quantitative estimate of drug-likeness (QED) is 0.283. The van der Waals surface area contributed by atoms with Crippen molar-refractivity contribution in [2.24, 2.45) is 23.7 Å². The Morgan fingerprint density at radius 2 is 0.893 bits per heavy atom. The van der Waals surface area contributed by atoms with Gasteiger partial charge in [0.2, 0.25) is 0 Å². The predicted molar refractivity (Wildman–Crippen MR) is 122 cm³/mol. The molecule has 0 saturated heterocycles. The molecule has 162 valence electrons. The molecule has 0 radical (unpaired) electrons. The molecule has 0 saturated carbocycles. The van der Waals surface area contributed by atoms with Crippen molar-refractivity contribution in [1.82, 2.24) is 0 Å². The Labute approximate surface area is 175 Å². The van der Waals surface area contributed by atoms with E-state index in [0.717, 1.165) is 61.2 Å². The van der Waals surface area contributed by atoms with Crippen LogP contribution in [0.1, 0.15) is 92.9 Å². The molecule has 1 rings (SSSR count). The lowest BCUT2D eigenvalue weighted by Gasteiger charge is -2.14. The molecule has 0 heterocycles. The summed E-state index contributed by atoms with van der Waals surface area (Å²) in [5, 5.41) is 0. The van der Waals surface area contributed by atoms with Gasteiger partial charge in [-0.25, -0.2) is 0 Å². The van der Waals surface area contributed by atoms with Crippen molar-refractivity contribution in [3.05, 3.63) is 24.3 Å². The van der Waals surface area contributed by atoms with Crippen molar-refractivity contribution >= 4 is 0 Å². The molecular weight excluding hydrogens is 344 g/mol. The molecule has 0 aromatic heterocycles. The topological polar surface area (TPSA) is 18.5 Å². The fourth-order valence-electron chi connectivity index (χ4n) is 3.43. The molecule has 1 aromatic carbocycles. The predicted octanol–water partition coefficient (Wildman–Crippen LogP) is 8.15. The minimum Gasteiger partial charge on any atom is -0.494 e. The summed E-state index contributed by atoms with van der Waals surface area (Å²) in [6.45, 7) is 15.5. The van der Waals surface area contributed by atoms with Gasteiger partial charge in [0, 0.05) is 0 Å². The van der Waals surface area contributed by atoms with Gasteiger partial charge in [0.05, 0.1) is 13.2 Å². The van der Waals surface area contributed by atoms with Crippen molar-refractivity contribution in [3.63, 3.8) is 0 Å². The third-order valence-electron chi connectivity index (χ3n) is 5.54. The summed E-state index contributed by atoms with van der Waals surface area (Å²) < 4.78 is 11.8. The summed E-state index contributed by atoms with van der Waals surface area (Å²) in [4.78, 5) is 0. The van der Waals surface area contributed by atoms with Crippen molar-refractivity contribution in [2.45, 2.75) is 92.9 Å². The Kier molecular flexibility index (Phi) is 13.1. The molecule has 28 heavy (non-hydrogen) atoms. The standard InChI is InChI=1S/C26H46O2/c1-21(2)9-7-11-23(5)17-19-27-25-13-15-26(16-14-25)28-20-18-24(6)12-8-10-22(3)4/h13-16,21-24H,7-12,17-20H2,1-6H3. The van der Waals surface area contributed by atoms with Crippen LogP contribution >= 0.6 is 0 Å². The zero-order chi connectivity index (χ0) is 20.8. The fraction of sp³-hybridized carbons (Fsp3) is 0.769. The number of benzene rings is 1. The van der Waals surface area contributed by atoms with Crippen LogP contribution < -0.4 is 9.47 Å². The minimum absolute atomic E-state index is 0.740. The number of rotatable bonds is 16. The van der Waals surface area contributed by atoms with Crippen LogP contribution in [0.5, 0.6) is 11.5 Å². The molecule has 2 heteroatoms. The Morgan fingerprint density at radius 3 is 1.21 bits per heavy atom. The SMILES string of the molecule is CC(C)CCCC(C)CCOc1ccc(OCCC(C)CCCC(C)C)cc1. The van der Waals surface area contributed by atoms with Crippen molar-refractivity contribution in [1.29, 1.82) is 0 Å². The summed E-state index contributed by atoms with van der Waals surface area (Å²) in [5.74, 6) is 5.01. The second-order valence-electron chi connectivity index (χ2n) is 9.61. The Morgan fingerprint density at radius 1 is 0.536 bits per heavy atom. The molecule has 2 nitrogen and oxygen atoms in total. The molecule has 0 bridgehead atoms. The summed E-state index contributed by atoms with van der Waals surface area (Å²) in [5.41, 5.74) is 0. The first-order valence-corrected chi connectivity index (χ1v) is 11.7. The van der Waals surface area contributed by atoms with Gasteiger partial charge in [0.15, 0.2) is 0 Å². The van der Waals surface area contributed by atoms with Crippen LogP contribution in [0.3, 0.4) is 0 Å². The van der Waals surface area contributed by atoms with Gasteiger partial charge in [-0.05, 0) is 60.8 Å². The van der Waals surface area contributed by atoms with E-state index in [-0.39, 0.29) is 0 Å². The minimum atomic E-state index is 0.740. The smallest absolute Gasteiger partial charge is 0.119 e. The van der Waals surface area contributed by atoms with Gasteiger partial charge in [-0.2, -0.15) is 0 Å². The molecule has 0 aliphatic rings. The van der Waals surface area contributed by atoms with Crippen LogP contribution in [0.2, 0.25) is 0 Å². The molecule has 0 fully saturated rings. The zero-order valence-corrected chi connectivity index (χ0v) is 19.5. The van der Waals surface area contributed by atoms with Crippen molar-refractivity contribution in [2.75, 3.05) is 13.2 Å². The van der Waals surface area contributed by atoms with Gasteiger partial charge >= 0.3 is 0 Å². The van der Waals surface area contributed by atoms with Crippen LogP contribution in [0, 0.1) is 23.7 Å². The molecule has 1 aromatic rings. The van der Waals surface area contributed by atoms with E-state index in [1.54, 1.807) is 0 Å². The Balaban J connectivity index is 2.14. The van der Waals surface area contributed by atoms with Gasteiger partial charge in [0.25, 0.3) is 0 Å². The molecular formula is C26H46O2. The monoisotopic (exact) mass is 390 g/mol. The maximum Gasteiger partial charge on any atom is 0.119 e. The second kappa shape index (κ2) is 14.8. The van der Waals surface area contributed by atoms with Crippen LogP contribution in [0.4, 0.5) is 0 Å². The first-order valence-electron chi connectivity index (χ1n) is 11.7. The summed E-state index contributed by atoms with van der Waals surface area (Å²) >= 11 is 0. The summed E-state index contributed by atoms with van der Waals surface area (Å²) in [7, 11) is 0. The third-order valence-corrected chi connectivity index (χ3v) is 5.54. The molecule has 0 aliphatic carbocycles. The lowest BCUT2D eigenvalue weighted by molar-refractivity contribution is 0.269. The van der Waals surface area contributed by atoms with Gasteiger partial charge in [-0.15, -0.1) is 0 Å². The van der Waals surface area contributed by atoms with Gasteiger partial charge < -0.3 is 9.47 Å². The maximum atomic E-state index is 5.91. The summed E-state index contributed by atoms with van der Waals surface area (Å²) in [6.07, 6.45) is 10.2. The molecule has 0 N–H and O–H groups in total. The third kappa shape index (κ3) is 13.1. The van der Waals surface area contributed by atoms with E-state index < -0.39 is 0 Å². The zero-order valence-electron chi connectivity index (χ0n) is 19.5. The average molecular weight is 391 g/mol. The van der Waals surface area contributed by atoms with E-state index in [1.807, 2.05) is 24.3 Å². The first-order chi connectivity index (χ1) is 13.4. The lowest BCUT2D eigenvalue weighted by Crippen LogP contribution is -2.06. The number of ether oxygens (including phenoxy) is 2. The van der Waals surface area contributed by atoms with Crippen LogP contribution in [0.25, 0.3) is 0 Å². The molecule has 0 aliphatic heterocycles. The van der Waals surface area contributed by atoms with Crippen LogP contribution in [0.15, 0.2) is 24.3 Å². The highest BCUT2D eigenvalue weighted by molar-refractivity contribution is 5.31. The largest absolute Gasteiger partial charge is 0.494 e. The molecule has 0 spiro atoms. The summed E-state index contributed by atoms with van der Waals surface area (Å²) in [6, 6.07) is 8.13. The Bertz CT molecular complexity index is 433. The lowest BCUT2D eigenvalue weighted by atomic mass is 9.98. The molecule has 2 atom stereocenters. The number of hydrogen-bond donors (Lipinski definition) is 0. The highest BCUT2D eigenvalue weighted by Crippen LogP contribution is 2.21. The van der Waals surface area contributed by atoms with Crippen molar-refractivity contribution in [3.8, 4) is 11.5 Å². The average Bonchev–Trinajstić information content (AvgIpc) is 2.62. The highest BCUT2D eigenvalue weighted by Gasteiger charge is 2.06. The van der Waals surface area contributed by atoms with E-state index in [9.17, 15) is 0 Å². The van der Waals surface area contributed by atoms with E-state index in [4.69, 9.17) is 9.47 Å². The van der Waals surface area contributed by atoms with Crippen LogP contribution in [-0.2, 0) is 0 Å². The van der Waals surface area contributed by atoms with E-state index in [2.05, 4.69) is 41.5 Å². The fourth-order valence-corrected chi connectivity index (χ4v) is 3.43. The van der Waals surface area contributed by atoms with Crippen molar-refractivity contribution < 1.29 is 9.47 Å². The molecule has 2 unspecified atom stereocenters. The highest BCUT2D eigenvalue weighted by atomic mass is 16.5. The van der Waals surface area contributed by atoms with Crippen LogP contribution in [-0.4, -0.2) is 13.2 Å². The molecule has 0 amide bonds. The van der Waals surface area contributed by atoms with E-state index in [0.29, 0.717) is 0 Å². The number of hydrogen-bond acceptors (Lipinski definition) is 2. The Hall–Kier alpha value is -1.18.